The van der Waals surface area contributed by atoms with E-state index in [0.29, 0.717) is 16.6 Å². The smallest absolute Gasteiger partial charge is 0.281 e. The fraction of sp³-hybridized carbons (Fsp3) is 0. The topological polar surface area (TPSA) is 64.0 Å². The molecule has 5 nitrogen and oxygen atoms in total. The lowest BCUT2D eigenvalue weighted by Crippen LogP contribution is -2.28. The minimum Gasteiger partial charge on any atom is -0.327 e. The zero-order valence-corrected chi connectivity index (χ0v) is 9.33. The fourth-order valence-electron chi connectivity index (χ4n) is 1.87. The summed E-state index contributed by atoms with van der Waals surface area (Å²) < 4.78 is 1.30. The van der Waals surface area contributed by atoms with Crippen molar-refractivity contribution in [3.8, 4) is 0 Å². The Morgan fingerprint density at radius 1 is 1.22 bits per heavy atom. The van der Waals surface area contributed by atoms with Crippen LogP contribution in [-0.2, 0) is 0 Å². The molecule has 0 atom stereocenters. The molecule has 0 aliphatic carbocycles. The summed E-state index contributed by atoms with van der Waals surface area (Å²) in [5.74, 6) is -0.321. The molecule has 0 aromatic carbocycles. The second kappa shape index (κ2) is 3.96. The molecule has 2 aromatic heterocycles. The molecule has 0 saturated carbocycles. The lowest BCUT2D eigenvalue weighted by atomic mass is 10.2. The van der Waals surface area contributed by atoms with Gasteiger partial charge in [-0.3, -0.25) is 19.1 Å². The van der Waals surface area contributed by atoms with E-state index in [1.165, 1.54) is 10.8 Å². The predicted molar refractivity (Wildman–Crippen MR) is 67.9 cm³/mol. The van der Waals surface area contributed by atoms with E-state index >= 15 is 0 Å². The fourth-order valence-corrected chi connectivity index (χ4v) is 1.87. The molecule has 0 bridgehead atoms. The maximum Gasteiger partial charge on any atom is 0.281 e. The average molecular weight is 239 g/mol. The van der Waals surface area contributed by atoms with Crippen LogP contribution in [0.4, 0.5) is 0 Å². The Morgan fingerprint density at radius 2 is 2.11 bits per heavy atom. The molecule has 1 amide bonds. The Bertz CT molecular complexity index is 756. The molecule has 5 heteroatoms. The first-order valence-corrected chi connectivity index (χ1v) is 5.42. The van der Waals surface area contributed by atoms with E-state index < -0.39 is 0 Å². The molecule has 1 aliphatic heterocycles. The highest BCUT2D eigenvalue weighted by molar-refractivity contribution is 5.97. The first-order valence-electron chi connectivity index (χ1n) is 5.42. The lowest BCUT2D eigenvalue weighted by molar-refractivity contribution is 0.0963. The number of carbonyl (C=O) groups excluding carboxylic acids is 1. The SMILES string of the molecule is O=C1NC=CC=Cn2c1cc1cccnc1c2=O. The van der Waals surface area contributed by atoms with Gasteiger partial charge in [0, 0.05) is 24.0 Å². The van der Waals surface area contributed by atoms with Gasteiger partial charge in [0.15, 0.2) is 0 Å². The number of nitrogens with one attached hydrogen (secondary N) is 1. The molecule has 2 aromatic rings. The van der Waals surface area contributed by atoms with Crippen LogP contribution < -0.4 is 10.9 Å². The highest BCUT2D eigenvalue weighted by Gasteiger charge is 2.14. The molecule has 88 valence electrons. The maximum atomic E-state index is 12.2. The number of rotatable bonds is 0. The summed E-state index contributed by atoms with van der Waals surface area (Å²) in [5.41, 5.74) is 0.342. The Morgan fingerprint density at radius 3 is 3.00 bits per heavy atom. The molecular formula is C13H9N3O2. The summed E-state index contributed by atoms with van der Waals surface area (Å²) >= 11 is 0. The average Bonchev–Trinajstić information content (AvgIpc) is 2.38. The van der Waals surface area contributed by atoms with E-state index in [4.69, 9.17) is 0 Å². The van der Waals surface area contributed by atoms with Crippen LogP contribution in [0.1, 0.15) is 10.5 Å². The van der Waals surface area contributed by atoms with Crippen molar-refractivity contribution in [3.63, 3.8) is 0 Å². The van der Waals surface area contributed by atoms with Gasteiger partial charge in [-0.15, -0.1) is 0 Å². The van der Waals surface area contributed by atoms with Crippen LogP contribution in [0.15, 0.2) is 47.5 Å². The van der Waals surface area contributed by atoms with Crippen molar-refractivity contribution in [2.24, 2.45) is 0 Å². The van der Waals surface area contributed by atoms with Crippen molar-refractivity contribution in [2.45, 2.75) is 0 Å². The van der Waals surface area contributed by atoms with Crippen LogP contribution in [0.25, 0.3) is 17.1 Å². The zero-order valence-electron chi connectivity index (χ0n) is 9.33. The number of carbonyl (C=O) groups is 1. The molecule has 1 aliphatic rings. The second-order valence-electron chi connectivity index (χ2n) is 3.82. The van der Waals surface area contributed by atoms with Crippen molar-refractivity contribution in [1.29, 1.82) is 0 Å². The Labute approximate surface area is 102 Å². The van der Waals surface area contributed by atoms with Crippen LogP contribution in [0.3, 0.4) is 0 Å². The number of allylic oxidation sites excluding steroid dienone is 2. The maximum absolute atomic E-state index is 12.2. The quantitative estimate of drug-likeness (QED) is 0.749. The van der Waals surface area contributed by atoms with Gasteiger partial charge in [-0.2, -0.15) is 0 Å². The van der Waals surface area contributed by atoms with Gasteiger partial charge < -0.3 is 5.32 Å². The minimum atomic E-state index is -0.321. The van der Waals surface area contributed by atoms with E-state index in [2.05, 4.69) is 10.3 Å². The third-order valence-electron chi connectivity index (χ3n) is 2.70. The number of hydrogen-bond acceptors (Lipinski definition) is 3. The van der Waals surface area contributed by atoms with Crippen LogP contribution in [0, 0.1) is 0 Å². The third-order valence-corrected chi connectivity index (χ3v) is 2.70. The van der Waals surface area contributed by atoms with E-state index in [0.717, 1.165) is 0 Å². The van der Waals surface area contributed by atoms with Crippen LogP contribution in [0.2, 0.25) is 0 Å². The normalized spacial score (nSPS) is 13.9. The standard InChI is InChI=1S/C13H9N3O2/c17-12-10-8-9-4-3-6-14-11(9)13(18)16(10)7-2-1-5-15-12/h1-8H,(H,15,17). The van der Waals surface area contributed by atoms with E-state index in [1.54, 1.807) is 42.7 Å². The summed E-state index contributed by atoms with van der Waals surface area (Å²) in [6.07, 6.45) is 7.97. The Balaban J connectivity index is 2.43. The number of fused-ring (bicyclic) bond motifs is 2. The first kappa shape index (κ1) is 10.5. The van der Waals surface area contributed by atoms with Crippen LogP contribution >= 0.6 is 0 Å². The number of hydrogen-bond donors (Lipinski definition) is 1. The molecule has 3 rings (SSSR count). The summed E-state index contributed by atoms with van der Waals surface area (Å²) in [5, 5.41) is 3.24. The first-order chi connectivity index (χ1) is 8.77. The summed E-state index contributed by atoms with van der Waals surface area (Å²) in [6.45, 7) is 0. The van der Waals surface area contributed by atoms with E-state index in [9.17, 15) is 9.59 Å². The Kier molecular flexibility index (Phi) is 2.30. The van der Waals surface area contributed by atoms with Crippen molar-refractivity contribution < 1.29 is 4.79 Å². The third kappa shape index (κ3) is 1.53. The van der Waals surface area contributed by atoms with Gasteiger partial charge in [0.05, 0.1) is 0 Å². The van der Waals surface area contributed by atoms with Crippen LogP contribution in [-0.4, -0.2) is 15.5 Å². The predicted octanol–water partition coefficient (Wildman–Crippen LogP) is 1.12. The monoisotopic (exact) mass is 239 g/mol. The number of aromatic nitrogens is 2. The van der Waals surface area contributed by atoms with Gasteiger partial charge in [-0.25, -0.2) is 0 Å². The van der Waals surface area contributed by atoms with Crippen molar-refractivity contribution >= 4 is 23.0 Å². The van der Waals surface area contributed by atoms with Gasteiger partial charge in [0.25, 0.3) is 11.5 Å². The van der Waals surface area contributed by atoms with Crippen molar-refractivity contribution in [2.75, 3.05) is 0 Å². The molecule has 1 N–H and O–H groups in total. The highest BCUT2D eigenvalue weighted by Crippen LogP contribution is 2.11. The highest BCUT2D eigenvalue weighted by atomic mass is 16.2. The largest absolute Gasteiger partial charge is 0.327 e. The van der Waals surface area contributed by atoms with Crippen molar-refractivity contribution in [1.82, 2.24) is 14.9 Å². The number of amides is 1. The molecule has 0 fully saturated rings. The summed E-state index contributed by atoms with van der Waals surface area (Å²) in [4.78, 5) is 28.2. The molecule has 3 heterocycles. The lowest BCUT2D eigenvalue weighted by Gasteiger charge is -2.10. The molecule has 0 radical (unpaired) electrons. The number of pyridine rings is 2. The van der Waals surface area contributed by atoms with Crippen LogP contribution in [0.5, 0.6) is 0 Å². The van der Waals surface area contributed by atoms with E-state index in [1.807, 2.05) is 0 Å². The Hall–Kier alpha value is -2.69. The van der Waals surface area contributed by atoms with Gasteiger partial charge in [0.1, 0.15) is 11.2 Å². The minimum absolute atomic E-state index is 0.293. The summed E-state index contributed by atoms with van der Waals surface area (Å²) in [6, 6.07) is 5.15. The van der Waals surface area contributed by atoms with Crippen molar-refractivity contribution in [3.05, 3.63) is 58.8 Å². The molecule has 0 saturated heterocycles. The molecule has 0 unspecified atom stereocenters. The van der Waals surface area contributed by atoms with E-state index in [-0.39, 0.29) is 11.5 Å². The summed E-state index contributed by atoms with van der Waals surface area (Å²) in [7, 11) is 0. The zero-order chi connectivity index (χ0) is 12.5. The number of nitrogens with zero attached hydrogens (tertiary/aromatic N) is 2. The molecule has 18 heavy (non-hydrogen) atoms. The van der Waals surface area contributed by atoms with Gasteiger partial charge in [-0.1, -0.05) is 6.07 Å². The van der Waals surface area contributed by atoms with Gasteiger partial charge in [-0.05, 0) is 24.3 Å². The molecular weight excluding hydrogens is 230 g/mol. The van der Waals surface area contributed by atoms with Gasteiger partial charge in [0.2, 0.25) is 0 Å². The van der Waals surface area contributed by atoms with Gasteiger partial charge >= 0.3 is 0 Å². The second-order valence-corrected chi connectivity index (χ2v) is 3.82. The molecule has 0 spiro atoms.